The van der Waals surface area contributed by atoms with Crippen molar-refractivity contribution in [3.05, 3.63) is 83.5 Å². The molecule has 1 aliphatic heterocycles. The zero-order chi connectivity index (χ0) is 46.5. The van der Waals surface area contributed by atoms with E-state index in [0.29, 0.717) is 44.8 Å². The van der Waals surface area contributed by atoms with Crippen molar-refractivity contribution in [2.45, 2.75) is 117 Å². The molecule has 1 saturated heterocycles. The summed E-state index contributed by atoms with van der Waals surface area (Å²) in [5, 5.41) is 22.1. The van der Waals surface area contributed by atoms with E-state index in [9.17, 15) is 29.4 Å². The molecule has 4 aliphatic carbocycles. The average Bonchev–Trinajstić information content (AvgIpc) is 3.77. The predicted octanol–water partition coefficient (Wildman–Crippen LogP) is 6.53. The summed E-state index contributed by atoms with van der Waals surface area (Å²) in [5.74, 6) is -2.43. The monoisotopic (exact) mass is 926 g/mol. The van der Waals surface area contributed by atoms with Gasteiger partial charge in [-0.1, -0.05) is 49.0 Å². The van der Waals surface area contributed by atoms with Crippen LogP contribution >= 0.6 is 23.5 Å². The molecule has 1 unspecified atom stereocenters. The SMILES string of the molecule is CSC(C)C(=O)CCCOCCOCCC(=O)Cc1cccc(Sc2ccc([C@@H]3O[C@@H]4C[C@H]5[C@@H]6C[C@H](F)C7=CC(=O)C=C[C@]7(C)[C@@]6(F)[C@@H](O)C[C@]5(C)[C@]4(C(=O)CO)O3)cc2)c1.O=C=O. The number of hydrogen-bond acceptors (Lipinski definition) is 14. The van der Waals surface area contributed by atoms with Gasteiger partial charge in [0.1, 0.15) is 24.3 Å². The number of carbonyl (C=O) groups is 4. The molecule has 64 heavy (non-hydrogen) atoms. The number of Topliss-reactive ketones (excluding diaryl/α,β-unsaturated/α-hetero) is 3. The lowest BCUT2D eigenvalue weighted by molar-refractivity contribution is -0.235. The van der Waals surface area contributed by atoms with E-state index >= 15 is 8.78 Å². The van der Waals surface area contributed by atoms with Gasteiger partial charge in [0.2, 0.25) is 0 Å². The standard InChI is InChI=1S/C47H56F2O10S2.CO2/c1-28(60-4)39(53)9-6-17-56-19-20-57-18-15-32(52)21-29-7-5-8-34(22-29)61-33-12-10-30(11-13-33)43-58-42-25-35-36-24-38(48)37-23-31(51)14-16-44(37,2)46(36,49)40(54)26-45(35,3)47(42,59-43)41(55)27-50;2-1-3/h5,7-8,10-14,16,22-23,28,35-36,38,40,42-43,50,54H,6,9,15,17-21,24-27H2,1-4H3;/t28?,35-,36-,38-,40-,42+,43+,44-,45-,46-,47+;/m0./s1. The van der Waals surface area contributed by atoms with Crippen molar-refractivity contribution in [1.82, 2.24) is 0 Å². The van der Waals surface area contributed by atoms with Crippen LogP contribution in [-0.4, -0.2) is 114 Å². The number of aliphatic hydroxyl groups is 2. The third-order valence-corrected chi connectivity index (χ3v) is 16.0. The lowest BCUT2D eigenvalue weighted by Crippen LogP contribution is -2.70. The highest BCUT2D eigenvalue weighted by molar-refractivity contribution is 8.00. The zero-order valence-electron chi connectivity index (χ0n) is 36.4. The number of allylic oxidation sites excluding steroid dienone is 4. The first kappa shape index (κ1) is 49.7. The summed E-state index contributed by atoms with van der Waals surface area (Å²) in [4.78, 5) is 68.8. The van der Waals surface area contributed by atoms with Gasteiger partial charge in [-0.2, -0.15) is 21.4 Å². The maximum absolute atomic E-state index is 17.7. The number of thioether (sulfide) groups is 1. The van der Waals surface area contributed by atoms with Crippen molar-refractivity contribution >= 4 is 52.8 Å². The fourth-order valence-corrected chi connectivity index (χ4v) is 12.1. The number of halogens is 2. The summed E-state index contributed by atoms with van der Waals surface area (Å²) in [5.41, 5.74) is -5.29. The number of ketones is 4. The highest BCUT2D eigenvalue weighted by atomic mass is 32.2. The highest BCUT2D eigenvalue weighted by Crippen LogP contribution is 2.72. The normalized spacial score (nSPS) is 32.8. The minimum Gasteiger partial charge on any atom is -0.390 e. The molecule has 5 aliphatic rings. The fraction of sp³-hybridized carbons (Fsp3) is 0.562. The van der Waals surface area contributed by atoms with Gasteiger partial charge in [0.05, 0.1) is 37.3 Å². The number of fused-ring (bicyclic) bond motifs is 7. The molecular formula is C48H56F2O12S2. The van der Waals surface area contributed by atoms with E-state index in [4.69, 9.17) is 28.5 Å². The Morgan fingerprint density at radius 3 is 2.38 bits per heavy atom. The first-order valence-corrected chi connectivity index (χ1v) is 23.7. The van der Waals surface area contributed by atoms with Crippen LogP contribution in [0.3, 0.4) is 0 Å². The second-order valence-electron chi connectivity index (χ2n) is 17.5. The van der Waals surface area contributed by atoms with Crippen LogP contribution < -0.4 is 0 Å². The average molecular weight is 927 g/mol. The summed E-state index contributed by atoms with van der Waals surface area (Å²) < 4.78 is 57.9. The maximum atomic E-state index is 17.7. The third kappa shape index (κ3) is 9.45. The van der Waals surface area contributed by atoms with Crippen molar-refractivity contribution in [2.24, 2.45) is 22.7 Å². The Morgan fingerprint density at radius 1 is 0.984 bits per heavy atom. The van der Waals surface area contributed by atoms with E-state index in [1.165, 1.54) is 30.8 Å². The number of rotatable bonds is 19. The minimum atomic E-state index is -2.32. The molecule has 346 valence electrons. The van der Waals surface area contributed by atoms with Gasteiger partial charge < -0.3 is 29.2 Å². The van der Waals surface area contributed by atoms with E-state index in [-0.39, 0.29) is 60.6 Å². The van der Waals surface area contributed by atoms with Crippen LogP contribution in [-0.2, 0) is 54.1 Å². The second-order valence-corrected chi connectivity index (χ2v) is 19.9. The van der Waals surface area contributed by atoms with Crippen LogP contribution in [0.2, 0.25) is 0 Å². The quantitative estimate of drug-likeness (QED) is 0.145. The fourth-order valence-electron chi connectivity index (χ4n) is 10.8. The molecule has 0 amide bonds. The Hall–Kier alpha value is -3.70. The van der Waals surface area contributed by atoms with Crippen molar-refractivity contribution in [3.8, 4) is 0 Å². The number of ether oxygens (including phenoxy) is 4. The molecule has 2 aromatic carbocycles. The molecule has 11 atom stereocenters. The smallest absolute Gasteiger partial charge is 0.373 e. The number of carbonyl (C=O) groups excluding carboxylic acids is 6. The van der Waals surface area contributed by atoms with E-state index in [1.807, 2.05) is 61.7 Å². The number of hydrogen-bond donors (Lipinski definition) is 2. The Balaban J connectivity index is 0.00000220. The van der Waals surface area contributed by atoms with Gasteiger partial charge in [-0.15, -0.1) is 0 Å². The van der Waals surface area contributed by atoms with Gasteiger partial charge in [-0.3, -0.25) is 19.2 Å². The summed E-state index contributed by atoms with van der Waals surface area (Å²) >= 11 is 3.06. The van der Waals surface area contributed by atoms with Crippen molar-refractivity contribution in [3.63, 3.8) is 0 Å². The molecule has 0 aromatic heterocycles. The van der Waals surface area contributed by atoms with E-state index in [1.54, 1.807) is 18.7 Å². The van der Waals surface area contributed by atoms with Crippen LogP contribution in [0.1, 0.15) is 76.7 Å². The molecule has 0 radical (unpaired) electrons. The van der Waals surface area contributed by atoms with E-state index in [2.05, 4.69) is 0 Å². The number of benzene rings is 2. The minimum absolute atomic E-state index is 0.00679. The first-order chi connectivity index (χ1) is 30.5. The summed E-state index contributed by atoms with van der Waals surface area (Å²) in [6.45, 7) is 5.93. The van der Waals surface area contributed by atoms with Gasteiger partial charge in [0.15, 0.2) is 29.1 Å². The lowest BCUT2D eigenvalue weighted by Gasteiger charge is -2.63. The topological polar surface area (TPSA) is 180 Å². The largest absolute Gasteiger partial charge is 0.390 e. The Kier molecular flexibility index (Phi) is 16.2. The Morgan fingerprint density at radius 2 is 1.69 bits per heavy atom. The number of aliphatic hydroxyl groups excluding tert-OH is 2. The third-order valence-electron chi connectivity index (χ3n) is 14.0. The molecule has 1 heterocycles. The van der Waals surface area contributed by atoms with Gasteiger partial charge in [-0.05, 0) is 99.3 Å². The molecule has 3 saturated carbocycles. The Bertz CT molecular complexity index is 2140. The summed E-state index contributed by atoms with van der Waals surface area (Å²) in [6, 6.07) is 15.2. The highest BCUT2D eigenvalue weighted by Gasteiger charge is 2.80. The van der Waals surface area contributed by atoms with Gasteiger partial charge in [-0.25, -0.2) is 8.78 Å². The first-order valence-electron chi connectivity index (χ1n) is 21.5. The van der Waals surface area contributed by atoms with Gasteiger partial charge in [0, 0.05) is 58.0 Å². The number of alkyl halides is 2. The molecule has 7 rings (SSSR count). The summed E-state index contributed by atoms with van der Waals surface area (Å²) in [6.07, 6.45) is 2.21. The molecule has 0 spiro atoms. The molecule has 2 N–H and O–H groups in total. The van der Waals surface area contributed by atoms with Crippen molar-refractivity contribution in [2.75, 3.05) is 39.3 Å². The Labute approximate surface area is 380 Å². The van der Waals surface area contributed by atoms with Gasteiger partial charge >= 0.3 is 6.15 Å². The van der Waals surface area contributed by atoms with Crippen LogP contribution in [0.4, 0.5) is 8.78 Å². The van der Waals surface area contributed by atoms with Crippen LogP contribution in [0.25, 0.3) is 0 Å². The molecule has 4 fully saturated rings. The van der Waals surface area contributed by atoms with Gasteiger partial charge in [0.25, 0.3) is 0 Å². The van der Waals surface area contributed by atoms with Crippen LogP contribution in [0.5, 0.6) is 0 Å². The lowest BCUT2D eigenvalue weighted by atomic mass is 9.44. The van der Waals surface area contributed by atoms with Crippen LogP contribution in [0.15, 0.2) is 82.1 Å². The van der Waals surface area contributed by atoms with Crippen molar-refractivity contribution in [1.29, 1.82) is 0 Å². The second kappa shape index (κ2) is 20.9. The zero-order valence-corrected chi connectivity index (χ0v) is 38.1. The molecular weight excluding hydrogens is 871 g/mol. The molecule has 16 heteroatoms. The molecule has 0 bridgehead atoms. The molecule has 12 nitrogen and oxygen atoms in total. The molecule has 2 aromatic rings. The predicted molar refractivity (Wildman–Crippen MR) is 232 cm³/mol. The maximum Gasteiger partial charge on any atom is 0.373 e. The van der Waals surface area contributed by atoms with E-state index in [0.717, 1.165) is 21.4 Å². The van der Waals surface area contributed by atoms with E-state index < -0.39 is 76.8 Å². The van der Waals surface area contributed by atoms with Crippen molar-refractivity contribution < 1.29 is 66.7 Å². The van der Waals surface area contributed by atoms with Crippen LogP contribution in [0, 0.1) is 22.7 Å². The summed E-state index contributed by atoms with van der Waals surface area (Å²) in [7, 11) is 0.